The molecule has 2 saturated heterocycles. The number of carbonyl (C=O) groups excluding carboxylic acids is 4. The van der Waals surface area contributed by atoms with Crippen molar-refractivity contribution in [2.24, 2.45) is 17.3 Å². The summed E-state index contributed by atoms with van der Waals surface area (Å²) in [6.07, 6.45) is 10.6. The van der Waals surface area contributed by atoms with Crippen LogP contribution in [-0.4, -0.2) is 79.5 Å². The summed E-state index contributed by atoms with van der Waals surface area (Å²) in [5.74, 6) is -1.10. The molecule has 1 N–H and O–H groups in total. The number of rotatable bonds is 5. The van der Waals surface area contributed by atoms with Crippen LogP contribution in [-0.2, 0) is 40.4 Å². The zero-order valence-electron chi connectivity index (χ0n) is 34.1. The molecule has 13 heteroatoms. The summed E-state index contributed by atoms with van der Waals surface area (Å²) in [7, 11) is -2.17. The predicted octanol–water partition coefficient (Wildman–Crippen LogP) is 7.24. The van der Waals surface area contributed by atoms with Crippen molar-refractivity contribution in [1.29, 1.82) is 0 Å². The minimum Gasteiger partial charge on any atom is -0.496 e. The van der Waals surface area contributed by atoms with Crippen LogP contribution in [0.15, 0.2) is 48.5 Å². The maximum absolute atomic E-state index is 14.8. The highest BCUT2D eigenvalue weighted by molar-refractivity contribution is 7.90. The lowest BCUT2D eigenvalue weighted by molar-refractivity contribution is -0.150. The lowest BCUT2D eigenvalue weighted by atomic mass is 9.90. The molecule has 2 aromatic carbocycles. The summed E-state index contributed by atoms with van der Waals surface area (Å²) in [6, 6.07) is 14.8. The number of aromatic nitrogens is 1. The van der Waals surface area contributed by atoms with Crippen LogP contribution in [0, 0.1) is 17.3 Å². The molecule has 4 heterocycles. The Morgan fingerprint density at radius 3 is 2.44 bits per heavy atom. The van der Waals surface area contributed by atoms with E-state index in [1.807, 2.05) is 42.5 Å². The van der Waals surface area contributed by atoms with Crippen molar-refractivity contribution in [3.05, 3.63) is 54.1 Å². The van der Waals surface area contributed by atoms with E-state index in [2.05, 4.69) is 10.8 Å². The van der Waals surface area contributed by atoms with Crippen molar-refractivity contribution in [3.63, 3.8) is 0 Å². The van der Waals surface area contributed by atoms with E-state index in [4.69, 9.17) is 19.2 Å². The Morgan fingerprint density at radius 2 is 1.66 bits per heavy atom. The van der Waals surface area contributed by atoms with Gasteiger partial charge < -0.3 is 19.1 Å². The second-order valence-electron chi connectivity index (χ2n) is 17.5. The molecule has 2 aliphatic carbocycles. The summed E-state index contributed by atoms with van der Waals surface area (Å²) in [6.45, 7) is 0.382. The minimum atomic E-state index is -3.83. The first-order valence-corrected chi connectivity index (χ1v) is 23.4. The first-order chi connectivity index (χ1) is 28.5. The molecule has 2 amide bonds. The van der Waals surface area contributed by atoms with Crippen molar-refractivity contribution in [1.82, 2.24) is 14.6 Å². The lowest BCUT2D eigenvalue weighted by Gasteiger charge is -2.29. The van der Waals surface area contributed by atoms with Crippen LogP contribution in [0.2, 0.25) is 0 Å². The molecule has 3 aromatic rings. The largest absolute Gasteiger partial charge is 0.496 e. The Bertz CT molecular complexity index is 2170. The molecule has 12 nitrogen and oxygen atoms in total. The molecule has 316 valence electrons. The zero-order chi connectivity index (χ0) is 41.1. The molecule has 8 rings (SSSR count). The number of amides is 2. The van der Waals surface area contributed by atoms with Gasteiger partial charge in [-0.05, 0) is 68.9 Å². The highest BCUT2D eigenvalue weighted by atomic mass is 32.2. The molecule has 5 aliphatic rings. The fourth-order valence-electron chi connectivity index (χ4n) is 9.65. The summed E-state index contributed by atoms with van der Waals surface area (Å²) < 4.78 is 46.8. The van der Waals surface area contributed by atoms with E-state index in [-0.39, 0.29) is 50.0 Å². The number of fused-ring (bicyclic) bond motifs is 4. The van der Waals surface area contributed by atoms with Gasteiger partial charge in [-0.2, -0.15) is 0 Å². The summed E-state index contributed by atoms with van der Waals surface area (Å²) in [5.41, 5.74) is 2.16. The molecule has 5 bridgehead atoms. The standard InChI is InChI=1S/C46H57N3O9S/c1-56-41-26-38-36-22-31(41)16-8-5-6-13-21-57-43(51)23-32-17-9-3-2-4-12-18-33-27-46(33,45(53)48-59(54,55)35-19-20-35)28-40(50)39-24-34(29-49(39)44(32)52)58-42(36)25-37(47-38)30-14-10-7-11-15-30/h7,10-11,14-15,22,25-26,32-35,39H,2-6,8-9,12-13,16-21,23-24,27-29H2,1H3,(H,48,53)/t32-,33+,34-,39+,46-/m1/s1. The monoisotopic (exact) mass is 827 g/mol. The third kappa shape index (κ3) is 9.30. The molecule has 59 heavy (non-hydrogen) atoms. The molecule has 5 atom stereocenters. The summed E-state index contributed by atoms with van der Waals surface area (Å²) >= 11 is 0. The van der Waals surface area contributed by atoms with Gasteiger partial charge in [-0.3, -0.25) is 23.9 Å². The fourth-order valence-corrected chi connectivity index (χ4v) is 11.0. The van der Waals surface area contributed by atoms with Gasteiger partial charge in [-0.1, -0.05) is 75.3 Å². The van der Waals surface area contributed by atoms with Gasteiger partial charge in [-0.25, -0.2) is 13.4 Å². The number of cyclic esters (lactones) is 1. The predicted molar refractivity (Wildman–Crippen MR) is 222 cm³/mol. The lowest BCUT2D eigenvalue weighted by Crippen LogP contribution is -2.46. The highest BCUT2D eigenvalue weighted by Crippen LogP contribution is 2.59. The van der Waals surface area contributed by atoms with Gasteiger partial charge in [-0.15, -0.1) is 0 Å². The second-order valence-corrected chi connectivity index (χ2v) is 19.5. The third-order valence-corrected chi connectivity index (χ3v) is 15.1. The molecule has 0 unspecified atom stereocenters. The first-order valence-electron chi connectivity index (χ1n) is 21.8. The van der Waals surface area contributed by atoms with Crippen molar-refractivity contribution in [2.75, 3.05) is 20.3 Å². The van der Waals surface area contributed by atoms with E-state index in [9.17, 15) is 27.6 Å². The van der Waals surface area contributed by atoms with Gasteiger partial charge in [0.25, 0.3) is 0 Å². The number of ketones is 1. The fraction of sp³-hybridized carbons (Fsp3) is 0.587. The van der Waals surface area contributed by atoms with Crippen LogP contribution in [0.4, 0.5) is 0 Å². The Labute approximate surface area is 347 Å². The highest BCUT2D eigenvalue weighted by Gasteiger charge is 2.62. The number of ether oxygens (including phenoxy) is 3. The molecular formula is C46H57N3O9S. The maximum Gasteiger partial charge on any atom is 0.306 e. The molecule has 1 aromatic heterocycles. The topological polar surface area (TPSA) is 158 Å². The van der Waals surface area contributed by atoms with Crippen molar-refractivity contribution in [3.8, 4) is 22.8 Å². The first kappa shape index (κ1) is 41.2. The van der Waals surface area contributed by atoms with Gasteiger partial charge in [0.05, 0.1) is 54.6 Å². The van der Waals surface area contributed by atoms with Crippen molar-refractivity contribution < 1.29 is 41.8 Å². The number of pyridine rings is 1. The summed E-state index contributed by atoms with van der Waals surface area (Å²) in [5, 5.41) is 0.222. The molecule has 0 spiro atoms. The average molecular weight is 828 g/mol. The van der Waals surface area contributed by atoms with Crippen LogP contribution in [0.25, 0.3) is 22.2 Å². The number of esters is 1. The van der Waals surface area contributed by atoms with Gasteiger partial charge in [0.15, 0.2) is 5.78 Å². The van der Waals surface area contributed by atoms with Crippen molar-refractivity contribution >= 4 is 44.5 Å². The van der Waals surface area contributed by atoms with Gasteiger partial charge in [0.1, 0.15) is 17.6 Å². The van der Waals surface area contributed by atoms with Crippen LogP contribution in [0.3, 0.4) is 0 Å². The Hall–Kier alpha value is -4.52. The number of Topliss-reactive ketones (excluding diaryl/α,β-unsaturated/α-hetero) is 1. The van der Waals surface area contributed by atoms with E-state index < -0.39 is 50.6 Å². The second kappa shape index (κ2) is 17.6. The number of methoxy groups -OCH3 is 1. The van der Waals surface area contributed by atoms with Gasteiger partial charge >= 0.3 is 5.97 Å². The summed E-state index contributed by atoms with van der Waals surface area (Å²) in [4.78, 5) is 63.4. The van der Waals surface area contributed by atoms with E-state index in [1.165, 1.54) is 0 Å². The zero-order valence-corrected chi connectivity index (χ0v) is 34.9. The molecule has 3 aliphatic heterocycles. The Balaban J connectivity index is 1.17. The number of benzene rings is 2. The van der Waals surface area contributed by atoms with Crippen molar-refractivity contribution in [2.45, 2.75) is 133 Å². The van der Waals surface area contributed by atoms with Gasteiger partial charge in [0.2, 0.25) is 21.8 Å². The van der Waals surface area contributed by atoms with Crippen LogP contribution in [0.5, 0.6) is 11.5 Å². The Morgan fingerprint density at radius 1 is 0.915 bits per heavy atom. The van der Waals surface area contributed by atoms with Crippen LogP contribution < -0.4 is 14.2 Å². The van der Waals surface area contributed by atoms with Crippen LogP contribution >= 0.6 is 0 Å². The number of carbonyl (C=O) groups is 4. The number of aryl methyl sites for hydroxylation is 1. The van der Waals surface area contributed by atoms with Crippen LogP contribution in [0.1, 0.15) is 115 Å². The maximum atomic E-state index is 14.8. The van der Waals surface area contributed by atoms with Gasteiger partial charge in [0, 0.05) is 41.8 Å². The SMILES string of the molecule is COc1cc2nc(-c3ccccc3)cc3c2cc1CCCCCCOC(=O)C[C@H]1CCCCCCC[C@H]2C[C@@]2(C(=O)NS(=O)(=O)C2CC2)CC(=O)[C@@H]2C[C@H](CN2C1=O)O3. The smallest absolute Gasteiger partial charge is 0.306 e. The molecular weight excluding hydrogens is 771 g/mol. The molecule has 4 fully saturated rings. The number of hydrogen-bond acceptors (Lipinski definition) is 10. The number of nitrogens with zero attached hydrogens (tertiary/aromatic N) is 2. The molecule has 0 radical (unpaired) electrons. The number of hydrogen-bond donors (Lipinski definition) is 1. The van der Waals surface area contributed by atoms with E-state index in [1.54, 1.807) is 12.0 Å². The number of nitrogens with one attached hydrogen (secondary N) is 1. The average Bonchev–Trinajstić information content (AvgIpc) is 4.15. The Kier molecular flexibility index (Phi) is 12.3. The van der Waals surface area contributed by atoms with E-state index in [0.717, 1.165) is 86.5 Å². The van der Waals surface area contributed by atoms with E-state index >= 15 is 0 Å². The molecule has 2 saturated carbocycles. The minimum absolute atomic E-state index is 0.0771. The van der Waals surface area contributed by atoms with E-state index in [0.29, 0.717) is 49.1 Å². The third-order valence-electron chi connectivity index (χ3n) is 13.3. The quantitative estimate of drug-likeness (QED) is 0.260. The number of sulfonamides is 1. The normalized spacial score (nSPS) is 27.6.